The lowest BCUT2D eigenvalue weighted by molar-refractivity contribution is -0.178. The van der Waals surface area contributed by atoms with Crippen LogP contribution in [0.2, 0.25) is 0 Å². The highest BCUT2D eigenvalue weighted by molar-refractivity contribution is 5.87. The Morgan fingerprint density at radius 3 is 2.00 bits per heavy atom. The monoisotopic (exact) mass is 259 g/mol. The third-order valence-electron chi connectivity index (χ3n) is 1.98. The Morgan fingerprint density at radius 1 is 1.28 bits per heavy atom. The molecule has 6 heteroatoms. The summed E-state index contributed by atoms with van der Waals surface area (Å²) < 4.78 is 5.05. The Kier molecular flexibility index (Phi) is 5.07. The number of esters is 1. The summed E-state index contributed by atoms with van der Waals surface area (Å²) in [7, 11) is 0. The van der Waals surface area contributed by atoms with Gasteiger partial charge in [-0.2, -0.15) is 0 Å². The van der Waals surface area contributed by atoms with Crippen LogP contribution in [0.1, 0.15) is 34.6 Å². The van der Waals surface area contributed by atoms with Crippen molar-refractivity contribution in [3.8, 4) is 0 Å². The molecule has 0 amide bonds. The summed E-state index contributed by atoms with van der Waals surface area (Å²) >= 11 is 0. The van der Waals surface area contributed by atoms with Crippen LogP contribution in [-0.2, 0) is 14.3 Å². The lowest BCUT2D eigenvalue weighted by Gasteiger charge is -2.28. The second-order valence-corrected chi connectivity index (χ2v) is 5.39. The van der Waals surface area contributed by atoms with Crippen LogP contribution in [0.25, 0.3) is 0 Å². The van der Waals surface area contributed by atoms with Crippen LogP contribution in [0.4, 0.5) is 0 Å². The predicted molar refractivity (Wildman–Crippen MR) is 65.5 cm³/mol. The minimum atomic E-state index is -2.69. The minimum Gasteiger partial charge on any atom is -0.478 e. The maximum absolute atomic E-state index is 11.9. The standard InChI is InChI=1S/C12H21NO5/c1-7(2)6-8(12(13,17)10(15)16)9(14)18-11(3,4)5/h6,8,17H,13H2,1-5H3,(H,15,16). The van der Waals surface area contributed by atoms with E-state index in [2.05, 4.69) is 0 Å². The number of allylic oxidation sites excluding steroid dienone is 1. The average Bonchev–Trinajstić information content (AvgIpc) is 2.10. The van der Waals surface area contributed by atoms with Crippen LogP contribution < -0.4 is 5.73 Å². The fraction of sp³-hybridized carbons (Fsp3) is 0.667. The highest BCUT2D eigenvalue weighted by Gasteiger charge is 2.45. The SMILES string of the molecule is CC(C)=CC(C(=O)OC(C)(C)C)C(N)(O)C(=O)O. The van der Waals surface area contributed by atoms with E-state index in [0.29, 0.717) is 5.57 Å². The molecule has 0 spiro atoms. The van der Waals surface area contributed by atoms with Crippen molar-refractivity contribution in [1.29, 1.82) is 0 Å². The molecule has 0 aromatic carbocycles. The van der Waals surface area contributed by atoms with Crippen LogP contribution in [0.15, 0.2) is 11.6 Å². The van der Waals surface area contributed by atoms with Gasteiger partial charge in [0.05, 0.1) is 0 Å². The van der Waals surface area contributed by atoms with Crippen molar-refractivity contribution >= 4 is 11.9 Å². The smallest absolute Gasteiger partial charge is 0.352 e. The van der Waals surface area contributed by atoms with Crippen molar-refractivity contribution < 1.29 is 24.5 Å². The molecule has 0 aliphatic carbocycles. The number of nitrogens with two attached hydrogens (primary N) is 1. The molecule has 0 heterocycles. The molecular weight excluding hydrogens is 238 g/mol. The zero-order valence-corrected chi connectivity index (χ0v) is 11.4. The van der Waals surface area contributed by atoms with Gasteiger partial charge in [-0.15, -0.1) is 0 Å². The summed E-state index contributed by atoms with van der Waals surface area (Å²) in [5.41, 5.74) is 2.44. The molecule has 104 valence electrons. The first-order chi connectivity index (χ1) is 7.88. The van der Waals surface area contributed by atoms with Crippen molar-refractivity contribution in [3.63, 3.8) is 0 Å². The number of rotatable bonds is 4. The molecule has 0 saturated heterocycles. The molecule has 0 saturated carbocycles. The van der Waals surface area contributed by atoms with Gasteiger partial charge in [0.2, 0.25) is 5.72 Å². The number of carbonyl (C=O) groups is 2. The molecule has 0 rings (SSSR count). The van der Waals surface area contributed by atoms with Gasteiger partial charge < -0.3 is 14.9 Å². The number of carboxylic acid groups (broad SMARTS) is 1. The third kappa shape index (κ3) is 4.85. The second-order valence-electron chi connectivity index (χ2n) is 5.39. The fourth-order valence-electron chi connectivity index (χ4n) is 1.21. The summed E-state index contributed by atoms with van der Waals surface area (Å²) in [5.74, 6) is -4.02. The fourth-order valence-corrected chi connectivity index (χ4v) is 1.21. The molecular formula is C12H21NO5. The maximum Gasteiger partial charge on any atom is 0.352 e. The second kappa shape index (κ2) is 5.49. The van der Waals surface area contributed by atoms with Crippen LogP contribution in [0.5, 0.6) is 0 Å². The number of aliphatic hydroxyl groups is 1. The van der Waals surface area contributed by atoms with Gasteiger partial charge in [0, 0.05) is 0 Å². The van der Waals surface area contributed by atoms with E-state index in [1.807, 2.05) is 0 Å². The number of hydrogen-bond donors (Lipinski definition) is 3. The van der Waals surface area contributed by atoms with Gasteiger partial charge in [-0.1, -0.05) is 11.6 Å². The minimum absolute atomic E-state index is 0.649. The number of carbonyl (C=O) groups excluding carboxylic acids is 1. The van der Waals surface area contributed by atoms with E-state index in [4.69, 9.17) is 15.6 Å². The average molecular weight is 259 g/mol. The maximum atomic E-state index is 11.9. The molecule has 0 bridgehead atoms. The Hall–Kier alpha value is -1.40. The van der Waals surface area contributed by atoms with Crippen LogP contribution in [0.3, 0.4) is 0 Å². The number of ether oxygens (including phenoxy) is 1. The lowest BCUT2D eigenvalue weighted by atomic mass is 9.94. The van der Waals surface area contributed by atoms with E-state index >= 15 is 0 Å². The first kappa shape index (κ1) is 16.6. The Morgan fingerprint density at radius 2 is 1.72 bits per heavy atom. The predicted octanol–water partition coefficient (Wildman–Crippen LogP) is 0.642. The first-order valence-corrected chi connectivity index (χ1v) is 5.50. The summed E-state index contributed by atoms with van der Waals surface area (Å²) in [4.78, 5) is 22.8. The largest absolute Gasteiger partial charge is 0.478 e. The quantitative estimate of drug-likeness (QED) is 0.388. The summed E-state index contributed by atoms with van der Waals surface area (Å²) in [5, 5.41) is 18.6. The third-order valence-corrected chi connectivity index (χ3v) is 1.98. The van der Waals surface area contributed by atoms with Crippen LogP contribution >= 0.6 is 0 Å². The summed E-state index contributed by atoms with van der Waals surface area (Å²) in [6.07, 6.45) is 1.28. The van der Waals surface area contributed by atoms with Gasteiger partial charge in [-0.05, 0) is 34.6 Å². The molecule has 2 unspecified atom stereocenters. The van der Waals surface area contributed by atoms with Gasteiger partial charge in [0.15, 0.2) is 0 Å². The Bertz CT molecular complexity index is 361. The zero-order chi connectivity index (χ0) is 14.7. The zero-order valence-electron chi connectivity index (χ0n) is 11.4. The van der Waals surface area contributed by atoms with E-state index in [1.165, 1.54) is 6.08 Å². The van der Waals surface area contributed by atoms with Crippen LogP contribution in [-0.4, -0.2) is 33.5 Å². The van der Waals surface area contributed by atoms with Gasteiger partial charge in [0.25, 0.3) is 0 Å². The van der Waals surface area contributed by atoms with E-state index in [0.717, 1.165) is 0 Å². The van der Waals surface area contributed by atoms with Gasteiger partial charge >= 0.3 is 11.9 Å². The normalized spacial score (nSPS) is 16.4. The Labute approximate surface area is 106 Å². The summed E-state index contributed by atoms with van der Waals surface area (Å²) in [6, 6.07) is 0. The number of hydrogen-bond acceptors (Lipinski definition) is 5. The molecule has 18 heavy (non-hydrogen) atoms. The van der Waals surface area contributed by atoms with Gasteiger partial charge in [-0.3, -0.25) is 10.5 Å². The molecule has 0 aliphatic heterocycles. The van der Waals surface area contributed by atoms with Crippen molar-refractivity contribution in [3.05, 3.63) is 11.6 Å². The molecule has 0 aromatic rings. The van der Waals surface area contributed by atoms with Crippen LogP contribution in [0, 0.1) is 5.92 Å². The van der Waals surface area contributed by atoms with E-state index in [9.17, 15) is 14.7 Å². The van der Waals surface area contributed by atoms with E-state index < -0.39 is 29.2 Å². The lowest BCUT2D eigenvalue weighted by Crippen LogP contribution is -2.57. The molecule has 0 fully saturated rings. The van der Waals surface area contributed by atoms with Gasteiger partial charge in [-0.25, -0.2) is 4.79 Å². The van der Waals surface area contributed by atoms with E-state index in [-0.39, 0.29) is 0 Å². The van der Waals surface area contributed by atoms with Crippen molar-refractivity contribution in [2.45, 2.75) is 45.9 Å². The van der Waals surface area contributed by atoms with Crippen molar-refractivity contribution in [1.82, 2.24) is 0 Å². The van der Waals surface area contributed by atoms with E-state index in [1.54, 1.807) is 34.6 Å². The van der Waals surface area contributed by atoms with Gasteiger partial charge in [0.1, 0.15) is 11.5 Å². The number of aliphatic carboxylic acids is 1. The summed E-state index contributed by atoms with van der Waals surface area (Å²) in [6.45, 7) is 8.24. The van der Waals surface area contributed by atoms with Crippen molar-refractivity contribution in [2.24, 2.45) is 11.7 Å². The molecule has 0 radical (unpaired) electrons. The molecule has 2 atom stereocenters. The highest BCUT2D eigenvalue weighted by Crippen LogP contribution is 2.21. The topological polar surface area (TPSA) is 110 Å². The Balaban J connectivity index is 5.33. The molecule has 0 aliphatic rings. The molecule has 4 N–H and O–H groups in total. The first-order valence-electron chi connectivity index (χ1n) is 5.50. The number of carboxylic acids is 1. The molecule has 6 nitrogen and oxygen atoms in total. The molecule has 0 aromatic heterocycles. The highest BCUT2D eigenvalue weighted by atomic mass is 16.6. The van der Waals surface area contributed by atoms with Crippen molar-refractivity contribution in [2.75, 3.05) is 0 Å².